The lowest BCUT2D eigenvalue weighted by atomic mass is 10.2. The number of nitrogens with zero attached hydrogens (tertiary/aromatic N) is 3. The minimum Gasteiger partial charge on any atom is -0.340 e. The van der Waals surface area contributed by atoms with Crippen molar-refractivity contribution in [1.82, 2.24) is 10.3 Å². The highest BCUT2D eigenvalue weighted by molar-refractivity contribution is 5.94. The van der Waals surface area contributed by atoms with E-state index in [1.165, 1.54) is 6.20 Å². The SMILES string of the molecule is Cc1cc(Nc2cccc(N3CCNC3=O)c2)ncc1[N+](=O)[O-]. The van der Waals surface area contributed by atoms with Gasteiger partial charge in [0.15, 0.2) is 0 Å². The van der Waals surface area contributed by atoms with Crippen molar-refractivity contribution in [1.29, 1.82) is 0 Å². The summed E-state index contributed by atoms with van der Waals surface area (Å²) in [6.45, 7) is 2.91. The molecule has 8 nitrogen and oxygen atoms in total. The normalized spacial score (nSPS) is 13.8. The maximum Gasteiger partial charge on any atom is 0.321 e. The highest BCUT2D eigenvalue weighted by atomic mass is 16.6. The van der Waals surface area contributed by atoms with Crippen LogP contribution in [0.4, 0.5) is 27.7 Å². The molecular weight excluding hydrogens is 298 g/mol. The zero-order valence-corrected chi connectivity index (χ0v) is 12.4. The van der Waals surface area contributed by atoms with E-state index >= 15 is 0 Å². The summed E-state index contributed by atoms with van der Waals surface area (Å²) in [5.74, 6) is 0.510. The van der Waals surface area contributed by atoms with Crippen molar-refractivity contribution in [2.45, 2.75) is 6.92 Å². The lowest BCUT2D eigenvalue weighted by Crippen LogP contribution is -2.27. The second kappa shape index (κ2) is 5.91. The third kappa shape index (κ3) is 3.05. The van der Waals surface area contributed by atoms with Crippen LogP contribution in [-0.4, -0.2) is 29.0 Å². The molecule has 2 N–H and O–H groups in total. The van der Waals surface area contributed by atoms with Crippen molar-refractivity contribution in [2.75, 3.05) is 23.3 Å². The van der Waals surface area contributed by atoms with Gasteiger partial charge in [0.2, 0.25) is 0 Å². The largest absolute Gasteiger partial charge is 0.340 e. The number of benzene rings is 1. The Hall–Kier alpha value is -3.16. The van der Waals surface area contributed by atoms with Gasteiger partial charge in [-0.3, -0.25) is 15.0 Å². The van der Waals surface area contributed by atoms with E-state index in [4.69, 9.17) is 0 Å². The predicted molar refractivity (Wildman–Crippen MR) is 86.1 cm³/mol. The van der Waals surface area contributed by atoms with Gasteiger partial charge >= 0.3 is 6.03 Å². The fraction of sp³-hybridized carbons (Fsp3) is 0.200. The number of hydrogen-bond acceptors (Lipinski definition) is 5. The van der Waals surface area contributed by atoms with Crippen LogP contribution in [0.3, 0.4) is 0 Å². The van der Waals surface area contributed by atoms with E-state index in [1.807, 2.05) is 24.3 Å². The summed E-state index contributed by atoms with van der Waals surface area (Å²) in [6.07, 6.45) is 1.23. The third-order valence-electron chi connectivity index (χ3n) is 3.57. The molecule has 1 aromatic carbocycles. The fourth-order valence-corrected chi connectivity index (χ4v) is 2.43. The van der Waals surface area contributed by atoms with Gasteiger partial charge < -0.3 is 10.6 Å². The van der Waals surface area contributed by atoms with Gasteiger partial charge in [0.05, 0.1) is 4.92 Å². The van der Waals surface area contributed by atoms with Crippen LogP contribution in [0.25, 0.3) is 0 Å². The molecule has 0 atom stereocenters. The Morgan fingerprint density at radius 1 is 1.39 bits per heavy atom. The number of rotatable bonds is 4. The number of urea groups is 1. The van der Waals surface area contributed by atoms with Crippen LogP contribution in [0.2, 0.25) is 0 Å². The number of amides is 2. The van der Waals surface area contributed by atoms with Gasteiger partial charge in [-0.2, -0.15) is 0 Å². The number of anilines is 3. The van der Waals surface area contributed by atoms with Crippen molar-refractivity contribution >= 4 is 28.9 Å². The number of carbonyl (C=O) groups is 1. The van der Waals surface area contributed by atoms with Gasteiger partial charge in [-0.15, -0.1) is 0 Å². The number of carbonyl (C=O) groups excluding carboxylic acids is 1. The summed E-state index contributed by atoms with van der Waals surface area (Å²) in [5.41, 5.74) is 2.05. The molecule has 2 heterocycles. The molecule has 1 fully saturated rings. The minimum atomic E-state index is -0.460. The second-order valence-electron chi connectivity index (χ2n) is 5.17. The van der Waals surface area contributed by atoms with Crippen LogP contribution in [0.1, 0.15) is 5.56 Å². The molecule has 0 bridgehead atoms. The zero-order chi connectivity index (χ0) is 16.4. The van der Waals surface area contributed by atoms with E-state index < -0.39 is 4.92 Å². The quantitative estimate of drug-likeness (QED) is 0.667. The van der Waals surface area contributed by atoms with Gasteiger partial charge in [0, 0.05) is 30.0 Å². The average Bonchev–Trinajstić information content (AvgIpc) is 2.93. The number of hydrogen-bond donors (Lipinski definition) is 2. The van der Waals surface area contributed by atoms with Crippen molar-refractivity contribution in [3.8, 4) is 0 Å². The Morgan fingerprint density at radius 3 is 2.87 bits per heavy atom. The molecule has 2 aromatic rings. The number of pyridine rings is 1. The van der Waals surface area contributed by atoms with Gasteiger partial charge in [-0.25, -0.2) is 9.78 Å². The van der Waals surface area contributed by atoms with E-state index in [2.05, 4.69) is 15.6 Å². The molecule has 2 amide bonds. The van der Waals surface area contributed by atoms with Crippen LogP contribution in [-0.2, 0) is 0 Å². The Bertz CT molecular complexity index is 777. The molecule has 0 unspecified atom stereocenters. The molecular formula is C15H15N5O3. The van der Waals surface area contributed by atoms with Gasteiger partial charge in [-0.1, -0.05) is 6.07 Å². The van der Waals surface area contributed by atoms with Crippen molar-refractivity contribution in [3.63, 3.8) is 0 Å². The summed E-state index contributed by atoms with van der Waals surface area (Å²) >= 11 is 0. The van der Waals surface area contributed by atoms with Crippen molar-refractivity contribution < 1.29 is 9.72 Å². The molecule has 118 valence electrons. The van der Waals surface area contributed by atoms with Gasteiger partial charge in [0.25, 0.3) is 5.69 Å². The molecule has 0 spiro atoms. The zero-order valence-electron chi connectivity index (χ0n) is 12.4. The summed E-state index contributed by atoms with van der Waals surface area (Å²) in [5, 5.41) is 16.7. The molecule has 3 rings (SSSR count). The van der Waals surface area contributed by atoms with Gasteiger partial charge in [0.1, 0.15) is 12.0 Å². The van der Waals surface area contributed by atoms with Crippen LogP contribution in [0, 0.1) is 17.0 Å². The van der Waals surface area contributed by atoms with E-state index in [0.717, 1.165) is 11.4 Å². The molecule has 1 aromatic heterocycles. The van der Waals surface area contributed by atoms with Crippen LogP contribution >= 0.6 is 0 Å². The Labute approximate surface area is 132 Å². The Morgan fingerprint density at radius 2 is 2.22 bits per heavy atom. The standard InChI is InChI=1S/C15H15N5O3/c1-10-7-14(17-9-13(10)20(22)23)18-11-3-2-4-12(8-11)19-6-5-16-15(19)21/h2-4,7-9H,5-6H2,1H3,(H,16,21)(H,17,18). The molecule has 0 radical (unpaired) electrons. The first-order valence-electron chi connectivity index (χ1n) is 7.08. The lowest BCUT2D eigenvalue weighted by molar-refractivity contribution is -0.385. The van der Waals surface area contributed by atoms with Crippen molar-refractivity contribution in [3.05, 3.63) is 52.2 Å². The Kier molecular flexibility index (Phi) is 3.80. The van der Waals surface area contributed by atoms with Crippen LogP contribution in [0.5, 0.6) is 0 Å². The third-order valence-corrected chi connectivity index (χ3v) is 3.57. The van der Waals surface area contributed by atoms with Crippen molar-refractivity contribution in [2.24, 2.45) is 0 Å². The smallest absolute Gasteiger partial charge is 0.321 e. The summed E-state index contributed by atoms with van der Waals surface area (Å²) < 4.78 is 0. The molecule has 1 aliphatic rings. The maximum atomic E-state index is 11.7. The summed E-state index contributed by atoms with van der Waals surface area (Å²) in [4.78, 5) is 27.8. The predicted octanol–water partition coefficient (Wildman–Crippen LogP) is 2.57. The molecule has 23 heavy (non-hydrogen) atoms. The molecule has 1 aliphatic heterocycles. The highest BCUT2D eigenvalue weighted by Gasteiger charge is 2.21. The molecule has 0 aliphatic carbocycles. The second-order valence-corrected chi connectivity index (χ2v) is 5.17. The fourth-order valence-electron chi connectivity index (χ4n) is 2.43. The van der Waals surface area contributed by atoms with E-state index in [0.29, 0.717) is 24.5 Å². The van der Waals surface area contributed by atoms with E-state index in [9.17, 15) is 14.9 Å². The molecule has 1 saturated heterocycles. The summed E-state index contributed by atoms with van der Waals surface area (Å²) in [7, 11) is 0. The molecule has 8 heteroatoms. The van der Waals surface area contributed by atoms with Crippen LogP contribution in [0.15, 0.2) is 36.5 Å². The maximum absolute atomic E-state index is 11.7. The average molecular weight is 313 g/mol. The number of nitrogens with one attached hydrogen (secondary N) is 2. The van der Waals surface area contributed by atoms with Gasteiger partial charge in [-0.05, 0) is 31.2 Å². The van der Waals surface area contributed by atoms with Crippen LogP contribution < -0.4 is 15.5 Å². The number of aryl methyl sites for hydroxylation is 1. The highest BCUT2D eigenvalue weighted by Crippen LogP contribution is 2.25. The first kappa shape index (κ1) is 14.8. The first-order chi connectivity index (χ1) is 11.0. The topological polar surface area (TPSA) is 100 Å². The minimum absolute atomic E-state index is 0.0157. The summed E-state index contributed by atoms with van der Waals surface area (Å²) in [6, 6.07) is 8.87. The first-order valence-corrected chi connectivity index (χ1v) is 7.08. The monoisotopic (exact) mass is 313 g/mol. The van der Waals surface area contributed by atoms with E-state index in [-0.39, 0.29) is 11.7 Å². The number of nitro groups is 1. The number of aromatic nitrogens is 1. The molecule has 0 saturated carbocycles. The van der Waals surface area contributed by atoms with E-state index in [1.54, 1.807) is 17.9 Å². The lowest BCUT2D eigenvalue weighted by Gasteiger charge is -2.15. The Balaban J connectivity index is 1.82.